The maximum Gasteiger partial charge on any atom is 0.257 e. The van der Waals surface area contributed by atoms with Crippen molar-refractivity contribution in [1.29, 1.82) is 0 Å². The topological polar surface area (TPSA) is 68.0 Å². The van der Waals surface area contributed by atoms with E-state index in [2.05, 4.69) is 15.5 Å². The van der Waals surface area contributed by atoms with Crippen LogP contribution in [-0.2, 0) is 0 Å². The lowest BCUT2D eigenvalue weighted by atomic mass is 10.1. The summed E-state index contributed by atoms with van der Waals surface area (Å²) in [6, 6.07) is 6.65. The van der Waals surface area contributed by atoms with Crippen LogP contribution >= 0.6 is 11.6 Å². The van der Waals surface area contributed by atoms with Crippen molar-refractivity contribution >= 4 is 23.2 Å². The third-order valence-electron chi connectivity index (χ3n) is 3.35. The molecule has 0 unspecified atom stereocenters. The number of hydrogen-bond donors (Lipinski definition) is 1. The number of amides is 1. The van der Waals surface area contributed by atoms with Gasteiger partial charge in [0.1, 0.15) is 0 Å². The zero-order valence-electron chi connectivity index (χ0n) is 12.3. The van der Waals surface area contributed by atoms with E-state index in [0.29, 0.717) is 11.3 Å². The van der Waals surface area contributed by atoms with Crippen molar-refractivity contribution in [2.24, 2.45) is 0 Å². The third-order valence-corrected chi connectivity index (χ3v) is 3.66. The Labute approximate surface area is 140 Å². The van der Waals surface area contributed by atoms with Gasteiger partial charge in [-0.2, -0.15) is 0 Å². The van der Waals surface area contributed by atoms with Crippen molar-refractivity contribution in [2.75, 3.05) is 5.32 Å². The lowest BCUT2D eigenvalue weighted by Crippen LogP contribution is -2.14. The lowest BCUT2D eigenvalue weighted by molar-refractivity contribution is 0.102. The minimum Gasteiger partial charge on any atom is -0.423 e. The van der Waals surface area contributed by atoms with E-state index in [1.807, 2.05) is 0 Å². The molecule has 122 valence electrons. The smallest absolute Gasteiger partial charge is 0.257 e. The van der Waals surface area contributed by atoms with E-state index in [1.54, 1.807) is 25.1 Å². The number of hydrogen-bond acceptors (Lipinski definition) is 4. The molecule has 5 nitrogen and oxygen atoms in total. The predicted octanol–water partition coefficient (Wildman–Crippen LogP) is 4.23. The SMILES string of the molecule is Cc1ccc(-c2nnco2)cc1NC(=O)c1cc(F)c(F)cc1Cl. The van der Waals surface area contributed by atoms with Crippen molar-refractivity contribution in [3.8, 4) is 11.5 Å². The molecule has 0 radical (unpaired) electrons. The van der Waals surface area contributed by atoms with Crippen LogP contribution in [0.3, 0.4) is 0 Å². The van der Waals surface area contributed by atoms with E-state index in [4.69, 9.17) is 16.0 Å². The van der Waals surface area contributed by atoms with Crippen LogP contribution < -0.4 is 5.32 Å². The van der Waals surface area contributed by atoms with E-state index < -0.39 is 17.5 Å². The van der Waals surface area contributed by atoms with Crippen molar-refractivity contribution in [2.45, 2.75) is 6.92 Å². The number of carbonyl (C=O) groups is 1. The summed E-state index contributed by atoms with van der Waals surface area (Å²) in [5.74, 6) is -2.65. The van der Waals surface area contributed by atoms with Gasteiger partial charge in [-0.3, -0.25) is 4.79 Å². The Hall–Kier alpha value is -2.80. The van der Waals surface area contributed by atoms with Crippen molar-refractivity contribution in [1.82, 2.24) is 10.2 Å². The molecule has 3 aromatic rings. The van der Waals surface area contributed by atoms with Gasteiger partial charge in [0.25, 0.3) is 5.91 Å². The van der Waals surface area contributed by atoms with E-state index in [1.165, 1.54) is 6.39 Å². The van der Waals surface area contributed by atoms with E-state index >= 15 is 0 Å². The molecule has 0 saturated heterocycles. The number of rotatable bonds is 3. The van der Waals surface area contributed by atoms with Gasteiger partial charge >= 0.3 is 0 Å². The molecule has 1 N–H and O–H groups in total. The first-order valence-electron chi connectivity index (χ1n) is 6.79. The van der Waals surface area contributed by atoms with Crippen LogP contribution in [0.5, 0.6) is 0 Å². The van der Waals surface area contributed by atoms with Crippen LogP contribution in [0.25, 0.3) is 11.5 Å². The minimum atomic E-state index is -1.15. The molecule has 24 heavy (non-hydrogen) atoms. The first kappa shape index (κ1) is 16.1. The highest BCUT2D eigenvalue weighted by Gasteiger charge is 2.16. The molecule has 0 aliphatic carbocycles. The zero-order valence-corrected chi connectivity index (χ0v) is 13.1. The second-order valence-electron chi connectivity index (χ2n) is 4.97. The molecular formula is C16H10ClF2N3O2. The van der Waals surface area contributed by atoms with E-state index in [0.717, 1.165) is 17.7 Å². The molecule has 1 aromatic heterocycles. The molecule has 0 saturated carbocycles. The largest absolute Gasteiger partial charge is 0.423 e. The molecule has 0 atom stereocenters. The summed E-state index contributed by atoms with van der Waals surface area (Å²) >= 11 is 5.81. The number of aromatic nitrogens is 2. The molecule has 0 fully saturated rings. The van der Waals surface area contributed by atoms with Gasteiger partial charge in [0.2, 0.25) is 12.3 Å². The average Bonchev–Trinajstić information content (AvgIpc) is 3.07. The monoisotopic (exact) mass is 349 g/mol. The van der Waals surface area contributed by atoms with Crippen LogP contribution in [0.1, 0.15) is 15.9 Å². The second-order valence-corrected chi connectivity index (χ2v) is 5.38. The molecule has 0 spiro atoms. The summed E-state index contributed by atoms with van der Waals surface area (Å²) in [4.78, 5) is 12.3. The Kier molecular flexibility index (Phi) is 4.26. The van der Waals surface area contributed by atoms with Gasteiger partial charge in [-0.15, -0.1) is 10.2 Å². The molecule has 3 rings (SSSR count). The number of halogens is 3. The fourth-order valence-corrected chi connectivity index (χ4v) is 2.31. The van der Waals surface area contributed by atoms with E-state index in [-0.39, 0.29) is 16.5 Å². The highest BCUT2D eigenvalue weighted by atomic mass is 35.5. The Balaban J connectivity index is 1.92. The Morgan fingerprint density at radius 2 is 1.96 bits per heavy atom. The molecule has 1 amide bonds. The first-order valence-corrected chi connectivity index (χ1v) is 7.16. The van der Waals surface area contributed by atoms with Crippen LogP contribution in [0.15, 0.2) is 41.1 Å². The van der Waals surface area contributed by atoms with E-state index in [9.17, 15) is 13.6 Å². The average molecular weight is 350 g/mol. The standard InChI is InChI=1S/C16H10ClF2N3O2/c1-8-2-3-9(16-22-20-7-24-16)4-14(8)21-15(23)10-5-12(18)13(19)6-11(10)17/h2-7H,1H3,(H,21,23). The number of nitrogens with one attached hydrogen (secondary N) is 1. The molecule has 1 heterocycles. The van der Waals surface area contributed by atoms with Gasteiger partial charge in [-0.25, -0.2) is 8.78 Å². The molecule has 8 heteroatoms. The van der Waals surface area contributed by atoms with Crippen LogP contribution in [-0.4, -0.2) is 16.1 Å². The lowest BCUT2D eigenvalue weighted by Gasteiger charge is -2.11. The first-order chi connectivity index (χ1) is 11.5. The third kappa shape index (κ3) is 3.11. The summed E-state index contributed by atoms with van der Waals surface area (Å²) in [5, 5.41) is 9.81. The summed E-state index contributed by atoms with van der Waals surface area (Å²) in [5.41, 5.74) is 1.64. The summed E-state index contributed by atoms with van der Waals surface area (Å²) in [7, 11) is 0. The maximum absolute atomic E-state index is 13.3. The highest BCUT2D eigenvalue weighted by Crippen LogP contribution is 2.26. The van der Waals surface area contributed by atoms with Gasteiger partial charge in [0, 0.05) is 11.3 Å². The number of aryl methyl sites for hydroxylation is 1. The molecule has 0 aliphatic heterocycles. The molecule has 2 aromatic carbocycles. The van der Waals surface area contributed by atoms with Crippen molar-refractivity contribution in [3.63, 3.8) is 0 Å². The quantitative estimate of drug-likeness (QED) is 0.718. The van der Waals surface area contributed by atoms with Gasteiger partial charge in [0.15, 0.2) is 11.6 Å². The van der Waals surface area contributed by atoms with Crippen molar-refractivity contribution in [3.05, 3.63) is 64.5 Å². The number of benzene rings is 2. The summed E-state index contributed by atoms with van der Waals surface area (Å²) < 4.78 is 31.6. The van der Waals surface area contributed by atoms with Crippen LogP contribution in [0.4, 0.5) is 14.5 Å². The Bertz CT molecular complexity index is 914. The molecule has 0 bridgehead atoms. The number of anilines is 1. The number of nitrogens with zero attached hydrogens (tertiary/aromatic N) is 2. The molecular weight excluding hydrogens is 340 g/mol. The predicted molar refractivity (Wildman–Crippen MR) is 83.8 cm³/mol. The second kappa shape index (κ2) is 6.37. The Morgan fingerprint density at radius 3 is 2.67 bits per heavy atom. The van der Waals surface area contributed by atoms with Crippen molar-refractivity contribution < 1.29 is 18.0 Å². The minimum absolute atomic E-state index is 0.168. The van der Waals surface area contributed by atoms with Crippen LogP contribution in [0.2, 0.25) is 5.02 Å². The fraction of sp³-hybridized carbons (Fsp3) is 0.0625. The van der Waals surface area contributed by atoms with Crippen LogP contribution in [0, 0.1) is 18.6 Å². The maximum atomic E-state index is 13.3. The fourth-order valence-electron chi connectivity index (χ4n) is 2.07. The van der Waals surface area contributed by atoms with Gasteiger partial charge < -0.3 is 9.73 Å². The Morgan fingerprint density at radius 1 is 1.21 bits per heavy atom. The van der Waals surface area contributed by atoms with Gasteiger partial charge in [-0.05, 0) is 36.8 Å². The summed E-state index contributed by atoms with van der Waals surface area (Å²) in [6.45, 7) is 1.78. The zero-order chi connectivity index (χ0) is 17.3. The van der Waals surface area contributed by atoms with Gasteiger partial charge in [0.05, 0.1) is 10.6 Å². The number of carbonyl (C=O) groups excluding carboxylic acids is 1. The van der Waals surface area contributed by atoms with Gasteiger partial charge in [-0.1, -0.05) is 17.7 Å². The summed E-state index contributed by atoms with van der Waals surface area (Å²) in [6.07, 6.45) is 1.19. The normalized spacial score (nSPS) is 10.7. The molecule has 0 aliphatic rings. The highest BCUT2D eigenvalue weighted by molar-refractivity contribution is 6.34.